The predicted molar refractivity (Wildman–Crippen MR) is 130 cm³/mol. The molecule has 7 nitrogen and oxygen atoms in total. The number of nitrogens with one attached hydrogen (secondary N) is 2. The molecule has 0 atom stereocenters. The van der Waals surface area contributed by atoms with Crippen LogP contribution in [0.3, 0.4) is 0 Å². The number of thioether (sulfide) groups is 1. The lowest BCUT2D eigenvalue weighted by Crippen LogP contribution is -2.42. The summed E-state index contributed by atoms with van der Waals surface area (Å²) in [6.07, 6.45) is 0.689. The Hall–Kier alpha value is -0.750. The first-order valence-electron chi connectivity index (χ1n) is 9.26. The van der Waals surface area contributed by atoms with Crippen molar-refractivity contribution in [1.82, 2.24) is 15.5 Å². The minimum atomic E-state index is -0.554. The van der Waals surface area contributed by atoms with Gasteiger partial charge in [-0.25, -0.2) is 4.99 Å². The molecule has 1 amide bonds. The molecule has 0 saturated carbocycles. The van der Waals surface area contributed by atoms with Crippen LogP contribution in [0.4, 0.5) is 0 Å². The molecule has 1 aliphatic rings. The largest absolute Gasteiger partial charge is 0.356 e. The second-order valence-corrected chi connectivity index (χ2v) is 8.29. The molecule has 0 spiro atoms. The van der Waals surface area contributed by atoms with Crippen molar-refractivity contribution in [3.8, 4) is 0 Å². The van der Waals surface area contributed by atoms with Crippen molar-refractivity contribution in [1.29, 1.82) is 0 Å². The lowest BCUT2D eigenvalue weighted by atomic mass is 10.2. The van der Waals surface area contributed by atoms with E-state index in [1.165, 1.54) is 4.90 Å². The van der Waals surface area contributed by atoms with E-state index in [4.69, 9.17) is 21.1 Å². The molecular weight excluding hydrogens is 527 g/mol. The smallest absolute Gasteiger partial charge is 0.243 e. The topological polar surface area (TPSA) is 75.2 Å². The standard InChI is InChI=1S/C19H29ClN4O3S.HI/c1-19(26-11-12-27-19)8-9-21-18(23-14-17(25)24(2)3)22-10-13-28-16-6-4-15(20)5-7-16;/h4-7H,8-14H2,1-3H3,(H2,21,22,23);1H. The van der Waals surface area contributed by atoms with Gasteiger partial charge < -0.3 is 25.0 Å². The van der Waals surface area contributed by atoms with E-state index in [1.54, 1.807) is 25.9 Å². The normalized spacial score (nSPS) is 15.5. The van der Waals surface area contributed by atoms with Gasteiger partial charge in [-0.15, -0.1) is 35.7 Å². The van der Waals surface area contributed by atoms with Crippen molar-refractivity contribution in [3.63, 3.8) is 0 Å². The van der Waals surface area contributed by atoms with Crippen LogP contribution in [0.25, 0.3) is 0 Å². The Kier molecular flexibility index (Phi) is 12.3. The minimum Gasteiger partial charge on any atom is -0.356 e. The zero-order valence-corrected chi connectivity index (χ0v) is 21.0. The van der Waals surface area contributed by atoms with E-state index < -0.39 is 5.79 Å². The van der Waals surface area contributed by atoms with Crippen molar-refractivity contribution < 1.29 is 14.3 Å². The van der Waals surface area contributed by atoms with E-state index in [9.17, 15) is 4.79 Å². The average Bonchev–Trinajstić information content (AvgIpc) is 3.10. The Bertz CT molecular complexity index is 655. The van der Waals surface area contributed by atoms with E-state index in [0.29, 0.717) is 38.7 Å². The van der Waals surface area contributed by atoms with Crippen molar-refractivity contribution in [2.45, 2.75) is 24.0 Å². The third kappa shape index (κ3) is 10.2. The number of ether oxygens (including phenoxy) is 2. The first kappa shape index (κ1) is 26.3. The third-order valence-corrected chi connectivity index (χ3v) is 5.38. The summed E-state index contributed by atoms with van der Waals surface area (Å²) < 4.78 is 11.2. The van der Waals surface area contributed by atoms with Crippen LogP contribution in [0.1, 0.15) is 13.3 Å². The number of benzene rings is 1. The second kappa shape index (κ2) is 13.5. The molecule has 0 unspecified atom stereocenters. The molecule has 1 aliphatic heterocycles. The molecular formula is C19H30ClIN4O3S. The summed E-state index contributed by atoms with van der Waals surface area (Å²) in [5, 5.41) is 7.26. The Morgan fingerprint density at radius 3 is 2.45 bits per heavy atom. The minimum absolute atomic E-state index is 0. The number of guanidine groups is 1. The van der Waals surface area contributed by atoms with E-state index in [0.717, 1.165) is 15.7 Å². The molecule has 10 heteroatoms. The zero-order valence-electron chi connectivity index (χ0n) is 17.1. The molecule has 2 N–H and O–H groups in total. The quantitative estimate of drug-likeness (QED) is 0.160. The van der Waals surface area contributed by atoms with E-state index in [1.807, 2.05) is 31.2 Å². The number of likely N-dealkylation sites (N-methyl/N-ethyl adjacent to an activating group) is 1. The summed E-state index contributed by atoms with van der Waals surface area (Å²) in [6.45, 7) is 4.60. The van der Waals surface area contributed by atoms with Gasteiger partial charge in [0.15, 0.2) is 11.7 Å². The fraction of sp³-hybridized carbons (Fsp3) is 0.579. The van der Waals surface area contributed by atoms with Crippen LogP contribution < -0.4 is 10.6 Å². The predicted octanol–water partition coefficient (Wildman–Crippen LogP) is 2.83. The maximum absolute atomic E-state index is 11.8. The Balaban J connectivity index is 0.00000420. The summed E-state index contributed by atoms with van der Waals surface area (Å²) in [5.74, 6) is 0.857. The zero-order chi connectivity index (χ0) is 20.4. The number of carbonyl (C=O) groups is 1. The Labute approximate surface area is 199 Å². The molecule has 29 heavy (non-hydrogen) atoms. The second-order valence-electron chi connectivity index (χ2n) is 6.69. The lowest BCUT2D eigenvalue weighted by Gasteiger charge is -2.23. The van der Waals surface area contributed by atoms with Gasteiger partial charge in [-0.2, -0.15) is 0 Å². The van der Waals surface area contributed by atoms with Crippen molar-refractivity contribution >= 4 is 59.2 Å². The summed E-state index contributed by atoms with van der Waals surface area (Å²) in [7, 11) is 3.44. The maximum atomic E-state index is 11.8. The molecule has 1 saturated heterocycles. The number of aliphatic imine (C=N–C) groups is 1. The van der Waals surface area contributed by atoms with Crippen molar-refractivity contribution in [2.75, 3.05) is 52.7 Å². The highest BCUT2D eigenvalue weighted by Gasteiger charge is 2.30. The van der Waals surface area contributed by atoms with Gasteiger partial charge in [-0.1, -0.05) is 11.6 Å². The van der Waals surface area contributed by atoms with Gasteiger partial charge >= 0.3 is 0 Å². The number of nitrogens with zero attached hydrogens (tertiary/aromatic N) is 2. The molecule has 1 aromatic rings. The van der Waals surface area contributed by atoms with Crippen LogP contribution in [-0.2, 0) is 14.3 Å². The molecule has 0 radical (unpaired) electrons. The molecule has 0 bridgehead atoms. The van der Waals surface area contributed by atoms with Crippen LogP contribution in [0.5, 0.6) is 0 Å². The highest BCUT2D eigenvalue weighted by Crippen LogP contribution is 2.21. The molecule has 0 aliphatic carbocycles. The fourth-order valence-electron chi connectivity index (χ4n) is 2.44. The number of carbonyl (C=O) groups excluding carboxylic acids is 1. The van der Waals surface area contributed by atoms with Gasteiger partial charge in [-0.3, -0.25) is 4.79 Å². The van der Waals surface area contributed by atoms with E-state index >= 15 is 0 Å². The number of amides is 1. The summed E-state index contributed by atoms with van der Waals surface area (Å²) in [6, 6.07) is 7.76. The number of halogens is 2. The highest BCUT2D eigenvalue weighted by molar-refractivity contribution is 14.0. The third-order valence-electron chi connectivity index (χ3n) is 4.12. The van der Waals surface area contributed by atoms with Crippen molar-refractivity contribution in [3.05, 3.63) is 29.3 Å². The van der Waals surface area contributed by atoms with Gasteiger partial charge in [0.1, 0.15) is 6.54 Å². The molecule has 164 valence electrons. The number of hydrogen-bond acceptors (Lipinski definition) is 5. The summed E-state index contributed by atoms with van der Waals surface area (Å²) >= 11 is 7.63. The number of rotatable bonds is 9. The van der Waals surface area contributed by atoms with Gasteiger partial charge in [0.05, 0.1) is 13.2 Å². The van der Waals surface area contributed by atoms with E-state index in [2.05, 4.69) is 15.6 Å². The number of hydrogen-bond donors (Lipinski definition) is 2. The molecule has 1 heterocycles. The molecule has 1 fully saturated rings. The first-order valence-corrected chi connectivity index (χ1v) is 10.6. The van der Waals surface area contributed by atoms with E-state index in [-0.39, 0.29) is 36.4 Å². The van der Waals surface area contributed by atoms with Gasteiger partial charge in [0, 0.05) is 49.3 Å². The first-order chi connectivity index (χ1) is 13.4. The average molecular weight is 557 g/mol. The van der Waals surface area contributed by atoms with Gasteiger partial charge in [0.25, 0.3) is 0 Å². The van der Waals surface area contributed by atoms with Crippen LogP contribution in [0.15, 0.2) is 34.2 Å². The molecule has 0 aromatic heterocycles. The van der Waals surface area contributed by atoms with Crippen LogP contribution in [-0.4, -0.2) is 75.2 Å². The SMILES string of the molecule is CN(C)C(=O)CN=C(NCCSc1ccc(Cl)cc1)NCCC1(C)OCCO1.I. The molecule has 2 rings (SSSR count). The highest BCUT2D eigenvalue weighted by atomic mass is 127. The Morgan fingerprint density at radius 2 is 1.83 bits per heavy atom. The maximum Gasteiger partial charge on any atom is 0.243 e. The summed E-state index contributed by atoms with van der Waals surface area (Å²) in [4.78, 5) is 18.9. The fourth-order valence-corrected chi connectivity index (χ4v) is 3.33. The van der Waals surface area contributed by atoms with Crippen LogP contribution >= 0.6 is 47.3 Å². The lowest BCUT2D eigenvalue weighted by molar-refractivity contribution is -0.145. The summed E-state index contributed by atoms with van der Waals surface area (Å²) in [5.41, 5.74) is 0. The molecule has 1 aromatic carbocycles. The van der Waals surface area contributed by atoms with Crippen molar-refractivity contribution in [2.24, 2.45) is 4.99 Å². The van der Waals surface area contributed by atoms with Crippen LogP contribution in [0, 0.1) is 0 Å². The van der Waals surface area contributed by atoms with Crippen LogP contribution in [0.2, 0.25) is 5.02 Å². The Morgan fingerprint density at radius 1 is 1.21 bits per heavy atom. The monoisotopic (exact) mass is 556 g/mol. The van der Waals surface area contributed by atoms with Gasteiger partial charge in [-0.05, 0) is 31.2 Å². The van der Waals surface area contributed by atoms with Gasteiger partial charge in [0.2, 0.25) is 5.91 Å².